The second-order valence-electron chi connectivity index (χ2n) is 2.20. The van der Waals surface area contributed by atoms with Crippen LogP contribution in [0.1, 0.15) is 6.42 Å². The van der Waals surface area contributed by atoms with E-state index in [4.69, 9.17) is 0 Å². The van der Waals surface area contributed by atoms with Gasteiger partial charge in [-0.25, -0.2) is 8.78 Å². The van der Waals surface area contributed by atoms with Gasteiger partial charge in [0.2, 0.25) is 5.91 Å². The summed E-state index contributed by atoms with van der Waals surface area (Å²) in [5.74, 6) is -1.65. The first-order valence-electron chi connectivity index (χ1n) is 2.96. The third kappa shape index (κ3) is 1.32. The molecule has 1 fully saturated rings. The van der Waals surface area contributed by atoms with Gasteiger partial charge in [-0.15, -0.1) is 0 Å². The van der Waals surface area contributed by atoms with Crippen LogP contribution in [0.3, 0.4) is 0 Å². The number of hydrogen-bond acceptors (Lipinski definition) is 1. The fraction of sp³-hybridized carbons (Fsp3) is 0.500. The SMILES string of the molecule is O=C1C[C@@H](C(F)=CF)CN1. The summed E-state index contributed by atoms with van der Waals surface area (Å²) >= 11 is 0. The van der Waals surface area contributed by atoms with Crippen molar-refractivity contribution in [3.63, 3.8) is 0 Å². The highest BCUT2D eigenvalue weighted by atomic mass is 19.2. The van der Waals surface area contributed by atoms with Crippen LogP contribution in [0, 0.1) is 5.92 Å². The van der Waals surface area contributed by atoms with E-state index in [1.807, 2.05) is 0 Å². The summed E-state index contributed by atoms with van der Waals surface area (Å²) in [5, 5.41) is 2.40. The minimum absolute atomic E-state index is 0.0618. The number of carbonyl (C=O) groups excluding carboxylic acids is 1. The van der Waals surface area contributed by atoms with Crippen LogP contribution in [0.15, 0.2) is 12.2 Å². The Morgan fingerprint density at radius 3 is 2.90 bits per heavy atom. The maximum atomic E-state index is 12.3. The molecule has 1 aliphatic rings. The molecule has 56 valence electrons. The van der Waals surface area contributed by atoms with E-state index in [-0.39, 0.29) is 25.2 Å². The molecule has 0 unspecified atom stereocenters. The molecule has 1 N–H and O–H groups in total. The molecule has 1 aliphatic heterocycles. The van der Waals surface area contributed by atoms with Crippen LogP contribution in [0.4, 0.5) is 8.78 Å². The summed E-state index contributed by atoms with van der Waals surface area (Å²) in [7, 11) is 0. The first kappa shape index (κ1) is 7.18. The third-order valence-corrected chi connectivity index (χ3v) is 1.47. The van der Waals surface area contributed by atoms with Gasteiger partial charge in [0.1, 0.15) is 12.2 Å². The Labute approximate surface area is 56.9 Å². The molecule has 0 bridgehead atoms. The van der Waals surface area contributed by atoms with Crippen LogP contribution >= 0.6 is 0 Å². The first-order valence-corrected chi connectivity index (χ1v) is 2.96. The zero-order valence-electron chi connectivity index (χ0n) is 5.23. The lowest BCUT2D eigenvalue weighted by Crippen LogP contribution is -2.13. The van der Waals surface area contributed by atoms with Gasteiger partial charge < -0.3 is 5.32 Å². The molecule has 0 aromatic carbocycles. The Hall–Kier alpha value is -0.930. The summed E-state index contributed by atoms with van der Waals surface area (Å²) < 4.78 is 23.8. The monoisotopic (exact) mass is 147 g/mol. The molecule has 0 spiro atoms. The average molecular weight is 147 g/mol. The van der Waals surface area contributed by atoms with Crippen molar-refractivity contribution in [1.82, 2.24) is 5.32 Å². The molecule has 1 amide bonds. The van der Waals surface area contributed by atoms with Crippen molar-refractivity contribution in [3.8, 4) is 0 Å². The smallest absolute Gasteiger partial charge is 0.220 e. The Kier molecular flexibility index (Phi) is 1.99. The lowest BCUT2D eigenvalue weighted by Gasteiger charge is -1.99. The van der Waals surface area contributed by atoms with Crippen molar-refractivity contribution in [2.75, 3.05) is 6.54 Å². The summed E-state index contributed by atoms with van der Waals surface area (Å²) in [6, 6.07) is 0. The number of carbonyl (C=O) groups is 1. The van der Waals surface area contributed by atoms with Crippen LogP contribution in [0.25, 0.3) is 0 Å². The van der Waals surface area contributed by atoms with Gasteiger partial charge in [-0.3, -0.25) is 4.79 Å². The Morgan fingerprint density at radius 1 is 1.80 bits per heavy atom. The van der Waals surface area contributed by atoms with Gasteiger partial charge in [-0.2, -0.15) is 0 Å². The van der Waals surface area contributed by atoms with Crippen molar-refractivity contribution in [1.29, 1.82) is 0 Å². The second-order valence-corrected chi connectivity index (χ2v) is 2.20. The van der Waals surface area contributed by atoms with Crippen LogP contribution in [0.5, 0.6) is 0 Å². The largest absolute Gasteiger partial charge is 0.355 e. The van der Waals surface area contributed by atoms with E-state index in [2.05, 4.69) is 5.32 Å². The van der Waals surface area contributed by atoms with Crippen molar-refractivity contribution >= 4 is 5.91 Å². The summed E-state index contributed by atoms with van der Waals surface area (Å²) in [6.45, 7) is 0.213. The number of hydrogen-bond donors (Lipinski definition) is 1. The quantitative estimate of drug-likeness (QED) is 0.586. The average Bonchev–Trinajstić information content (AvgIpc) is 2.34. The van der Waals surface area contributed by atoms with E-state index in [0.29, 0.717) is 0 Å². The Bertz CT molecular complexity index is 179. The predicted octanol–water partition coefficient (Wildman–Crippen LogP) is 0.903. The third-order valence-electron chi connectivity index (χ3n) is 1.47. The van der Waals surface area contributed by atoms with E-state index in [9.17, 15) is 13.6 Å². The highest BCUT2D eigenvalue weighted by molar-refractivity contribution is 5.78. The van der Waals surface area contributed by atoms with Crippen LogP contribution in [0.2, 0.25) is 0 Å². The van der Waals surface area contributed by atoms with Crippen molar-refractivity contribution in [2.24, 2.45) is 5.92 Å². The molecule has 0 aliphatic carbocycles. The fourth-order valence-electron chi connectivity index (χ4n) is 0.889. The topological polar surface area (TPSA) is 29.1 Å². The standard InChI is InChI=1S/C6H7F2NO/c7-2-5(8)4-1-6(10)9-3-4/h2,4H,1,3H2,(H,9,10)/t4-/m1/s1. The number of halogens is 2. The molecule has 10 heavy (non-hydrogen) atoms. The maximum Gasteiger partial charge on any atom is 0.220 e. The van der Waals surface area contributed by atoms with Gasteiger partial charge in [0, 0.05) is 18.9 Å². The predicted molar refractivity (Wildman–Crippen MR) is 31.4 cm³/mol. The number of rotatable bonds is 1. The molecule has 1 saturated heterocycles. The van der Waals surface area contributed by atoms with Crippen LogP contribution in [-0.4, -0.2) is 12.5 Å². The van der Waals surface area contributed by atoms with Crippen molar-refractivity contribution in [2.45, 2.75) is 6.42 Å². The molecule has 1 rings (SSSR count). The van der Waals surface area contributed by atoms with Gasteiger partial charge in [-0.05, 0) is 0 Å². The van der Waals surface area contributed by atoms with Crippen molar-refractivity contribution < 1.29 is 13.6 Å². The Balaban J connectivity index is 2.52. The molecular weight excluding hydrogens is 140 g/mol. The molecule has 4 heteroatoms. The molecule has 0 aromatic heterocycles. The van der Waals surface area contributed by atoms with E-state index in [1.165, 1.54) is 0 Å². The minimum atomic E-state index is -0.849. The van der Waals surface area contributed by atoms with E-state index in [1.54, 1.807) is 0 Å². The van der Waals surface area contributed by atoms with Crippen LogP contribution in [-0.2, 0) is 4.79 Å². The van der Waals surface area contributed by atoms with Gasteiger partial charge in [0.15, 0.2) is 0 Å². The highest BCUT2D eigenvalue weighted by Gasteiger charge is 2.25. The van der Waals surface area contributed by atoms with Gasteiger partial charge >= 0.3 is 0 Å². The molecule has 1 heterocycles. The molecule has 0 radical (unpaired) electrons. The maximum absolute atomic E-state index is 12.3. The minimum Gasteiger partial charge on any atom is -0.355 e. The van der Waals surface area contributed by atoms with E-state index >= 15 is 0 Å². The Morgan fingerprint density at radius 2 is 2.50 bits per heavy atom. The fourth-order valence-corrected chi connectivity index (χ4v) is 0.889. The van der Waals surface area contributed by atoms with E-state index in [0.717, 1.165) is 0 Å². The number of nitrogens with one attached hydrogen (secondary N) is 1. The first-order chi connectivity index (χ1) is 4.74. The summed E-state index contributed by atoms with van der Waals surface area (Å²) in [6.07, 6.45) is -0.0306. The lowest BCUT2D eigenvalue weighted by molar-refractivity contribution is -0.119. The molecule has 0 aromatic rings. The van der Waals surface area contributed by atoms with Crippen LogP contribution < -0.4 is 5.32 Å². The number of amides is 1. The lowest BCUT2D eigenvalue weighted by atomic mass is 10.1. The van der Waals surface area contributed by atoms with Gasteiger partial charge in [-0.1, -0.05) is 0 Å². The normalized spacial score (nSPS) is 26.8. The zero-order chi connectivity index (χ0) is 7.56. The molecule has 2 nitrogen and oxygen atoms in total. The van der Waals surface area contributed by atoms with Crippen molar-refractivity contribution in [3.05, 3.63) is 12.2 Å². The van der Waals surface area contributed by atoms with Gasteiger partial charge in [0.25, 0.3) is 0 Å². The molecule has 1 atom stereocenters. The zero-order valence-corrected chi connectivity index (χ0v) is 5.23. The second kappa shape index (κ2) is 2.77. The highest BCUT2D eigenvalue weighted by Crippen LogP contribution is 2.19. The van der Waals surface area contributed by atoms with Gasteiger partial charge in [0.05, 0.1) is 0 Å². The van der Waals surface area contributed by atoms with E-state index < -0.39 is 11.7 Å². The molecular formula is C6H7F2NO. The summed E-state index contributed by atoms with van der Waals surface area (Å²) in [4.78, 5) is 10.4. The molecule has 0 saturated carbocycles. The summed E-state index contributed by atoms with van der Waals surface area (Å²) in [5.41, 5.74) is 0.